The largest absolute Gasteiger partial charge is 0.324 e. The van der Waals surface area contributed by atoms with Crippen LogP contribution in [0, 0.1) is 6.92 Å². The van der Waals surface area contributed by atoms with Crippen LogP contribution in [0.1, 0.15) is 11.3 Å². The van der Waals surface area contributed by atoms with Crippen molar-refractivity contribution < 1.29 is 0 Å². The molecule has 0 unspecified atom stereocenters. The number of hydrogen-bond acceptors (Lipinski definition) is 4. The van der Waals surface area contributed by atoms with Crippen LogP contribution < -0.4 is 10.5 Å². The van der Waals surface area contributed by atoms with E-state index in [0.717, 1.165) is 30.2 Å². The van der Waals surface area contributed by atoms with Gasteiger partial charge in [0.05, 0.1) is 23.3 Å². The number of hydrogen-bond donors (Lipinski definition) is 1. The van der Waals surface area contributed by atoms with Gasteiger partial charge in [-0.3, -0.25) is 9.78 Å². The molecule has 0 saturated heterocycles. The summed E-state index contributed by atoms with van der Waals surface area (Å²) in [6.45, 7) is 2.61. The Labute approximate surface area is 98.2 Å². The predicted octanol–water partition coefficient (Wildman–Crippen LogP) is 1.17. The number of anilines is 2. The average molecular weight is 228 g/mol. The summed E-state index contributed by atoms with van der Waals surface area (Å²) in [5.74, 6) is 0.723. The van der Waals surface area contributed by atoms with Crippen LogP contribution in [0.3, 0.4) is 0 Å². The van der Waals surface area contributed by atoms with Crippen LogP contribution in [0.25, 0.3) is 0 Å². The molecule has 0 spiro atoms. The van der Waals surface area contributed by atoms with Gasteiger partial charge in [0.25, 0.3) is 5.56 Å². The van der Waals surface area contributed by atoms with Gasteiger partial charge in [-0.05, 0) is 19.1 Å². The average Bonchev–Trinajstić information content (AvgIpc) is 2.77. The molecule has 0 aromatic carbocycles. The Morgan fingerprint density at radius 1 is 1.41 bits per heavy atom. The fraction of sp³-hybridized carbons (Fsp3) is 0.250. The van der Waals surface area contributed by atoms with Crippen LogP contribution in [0.15, 0.2) is 29.5 Å². The minimum atomic E-state index is -0.0904. The van der Waals surface area contributed by atoms with Crippen molar-refractivity contribution in [2.45, 2.75) is 13.3 Å². The summed E-state index contributed by atoms with van der Waals surface area (Å²) in [5.41, 5.74) is 2.67. The smallest absolute Gasteiger partial charge is 0.255 e. The SMILES string of the molecule is Cc1c(N2CCc3ncccc32)nc[nH]c1=O. The molecule has 5 heteroatoms. The zero-order valence-corrected chi connectivity index (χ0v) is 9.47. The third-order valence-corrected chi connectivity index (χ3v) is 3.04. The standard InChI is InChI=1S/C12H12N4O/c1-8-11(14-7-15-12(8)17)16-6-4-9-10(16)3-2-5-13-9/h2-3,5,7H,4,6H2,1H3,(H,14,15,17). The van der Waals surface area contributed by atoms with Crippen molar-refractivity contribution >= 4 is 11.5 Å². The van der Waals surface area contributed by atoms with Gasteiger partial charge in [-0.1, -0.05) is 0 Å². The minimum absolute atomic E-state index is 0.0904. The first-order valence-electron chi connectivity index (χ1n) is 5.53. The van der Waals surface area contributed by atoms with Crippen molar-refractivity contribution in [3.8, 4) is 0 Å². The van der Waals surface area contributed by atoms with Crippen molar-refractivity contribution in [2.24, 2.45) is 0 Å². The highest BCUT2D eigenvalue weighted by Crippen LogP contribution is 2.32. The molecule has 5 nitrogen and oxygen atoms in total. The van der Waals surface area contributed by atoms with Gasteiger partial charge in [0.1, 0.15) is 5.82 Å². The lowest BCUT2D eigenvalue weighted by Gasteiger charge is -2.18. The Kier molecular flexibility index (Phi) is 2.18. The molecule has 1 aliphatic heterocycles. The Hall–Kier alpha value is -2.17. The molecule has 86 valence electrons. The maximum atomic E-state index is 11.6. The highest BCUT2D eigenvalue weighted by Gasteiger charge is 2.23. The predicted molar refractivity (Wildman–Crippen MR) is 64.5 cm³/mol. The second kappa shape index (κ2) is 3.69. The van der Waals surface area contributed by atoms with Gasteiger partial charge in [0, 0.05) is 19.2 Å². The summed E-state index contributed by atoms with van der Waals surface area (Å²) in [6, 6.07) is 3.91. The zero-order valence-electron chi connectivity index (χ0n) is 9.47. The van der Waals surface area contributed by atoms with E-state index in [1.807, 2.05) is 17.0 Å². The van der Waals surface area contributed by atoms with Gasteiger partial charge >= 0.3 is 0 Å². The fourth-order valence-corrected chi connectivity index (χ4v) is 2.16. The first-order valence-corrected chi connectivity index (χ1v) is 5.53. The summed E-state index contributed by atoms with van der Waals surface area (Å²) < 4.78 is 0. The molecule has 0 amide bonds. The van der Waals surface area contributed by atoms with Crippen LogP contribution in [0.5, 0.6) is 0 Å². The van der Waals surface area contributed by atoms with E-state index in [9.17, 15) is 4.79 Å². The van der Waals surface area contributed by atoms with Crippen molar-refractivity contribution in [1.82, 2.24) is 15.0 Å². The summed E-state index contributed by atoms with van der Waals surface area (Å²) in [5, 5.41) is 0. The number of nitrogens with one attached hydrogen (secondary N) is 1. The second-order valence-electron chi connectivity index (χ2n) is 4.05. The first-order chi connectivity index (χ1) is 8.27. The number of fused-ring (bicyclic) bond motifs is 1. The van der Waals surface area contributed by atoms with E-state index in [1.54, 1.807) is 13.1 Å². The van der Waals surface area contributed by atoms with Crippen LogP contribution in [-0.2, 0) is 6.42 Å². The van der Waals surface area contributed by atoms with E-state index in [1.165, 1.54) is 6.33 Å². The van der Waals surface area contributed by atoms with Crippen LogP contribution >= 0.6 is 0 Å². The number of rotatable bonds is 1. The third kappa shape index (κ3) is 1.51. The number of nitrogens with zero attached hydrogens (tertiary/aromatic N) is 3. The molecule has 1 aliphatic rings. The highest BCUT2D eigenvalue weighted by molar-refractivity contribution is 5.67. The summed E-state index contributed by atoms with van der Waals surface area (Å²) in [6.07, 6.45) is 4.13. The van der Waals surface area contributed by atoms with Gasteiger partial charge in [0.2, 0.25) is 0 Å². The maximum Gasteiger partial charge on any atom is 0.255 e. The van der Waals surface area contributed by atoms with Gasteiger partial charge in [-0.25, -0.2) is 4.98 Å². The van der Waals surface area contributed by atoms with E-state index in [2.05, 4.69) is 15.0 Å². The Balaban J connectivity index is 2.13. The Bertz CT molecular complexity index is 620. The molecule has 2 aromatic rings. The van der Waals surface area contributed by atoms with Gasteiger partial charge in [-0.2, -0.15) is 0 Å². The quantitative estimate of drug-likeness (QED) is 0.795. The van der Waals surface area contributed by atoms with Crippen molar-refractivity contribution in [3.63, 3.8) is 0 Å². The highest BCUT2D eigenvalue weighted by atomic mass is 16.1. The van der Waals surface area contributed by atoms with Gasteiger partial charge < -0.3 is 9.88 Å². The second-order valence-corrected chi connectivity index (χ2v) is 4.05. The number of aromatic amines is 1. The molecule has 0 saturated carbocycles. The number of pyridine rings is 1. The normalized spacial score (nSPS) is 13.8. The molecule has 17 heavy (non-hydrogen) atoms. The van der Waals surface area contributed by atoms with Gasteiger partial charge in [-0.15, -0.1) is 0 Å². The van der Waals surface area contributed by atoms with E-state index in [-0.39, 0.29) is 5.56 Å². The Morgan fingerprint density at radius 2 is 2.29 bits per heavy atom. The number of aromatic nitrogens is 3. The van der Waals surface area contributed by atoms with Crippen molar-refractivity contribution in [3.05, 3.63) is 46.3 Å². The molecule has 0 radical (unpaired) electrons. The molecule has 0 atom stereocenters. The van der Waals surface area contributed by atoms with Crippen LogP contribution in [0.2, 0.25) is 0 Å². The summed E-state index contributed by atoms with van der Waals surface area (Å²) in [4.78, 5) is 24.8. The van der Waals surface area contributed by atoms with Crippen LogP contribution in [0.4, 0.5) is 11.5 Å². The number of H-pyrrole nitrogens is 1. The van der Waals surface area contributed by atoms with Crippen molar-refractivity contribution in [2.75, 3.05) is 11.4 Å². The molecule has 0 aliphatic carbocycles. The summed E-state index contributed by atoms with van der Waals surface area (Å²) in [7, 11) is 0. The summed E-state index contributed by atoms with van der Waals surface area (Å²) >= 11 is 0. The zero-order chi connectivity index (χ0) is 11.8. The molecular formula is C12H12N4O. The lowest BCUT2D eigenvalue weighted by Crippen LogP contribution is -2.21. The molecule has 0 bridgehead atoms. The van der Waals surface area contributed by atoms with E-state index >= 15 is 0 Å². The van der Waals surface area contributed by atoms with Gasteiger partial charge in [0.15, 0.2) is 0 Å². The molecule has 0 fully saturated rings. The first kappa shape index (κ1) is 10.0. The molecule has 3 heterocycles. The molecule has 3 rings (SSSR count). The maximum absolute atomic E-state index is 11.6. The van der Waals surface area contributed by atoms with E-state index in [0.29, 0.717) is 5.56 Å². The monoisotopic (exact) mass is 228 g/mol. The van der Waals surface area contributed by atoms with E-state index < -0.39 is 0 Å². The Morgan fingerprint density at radius 3 is 3.18 bits per heavy atom. The lowest BCUT2D eigenvalue weighted by molar-refractivity contribution is 0.935. The van der Waals surface area contributed by atoms with Crippen LogP contribution in [-0.4, -0.2) is 21.5 Å². The minimum Gasteiger partial charge on any atom is -0.324 e. The molecule has 1 N–H and O–H groups in total. The third-order valence-electron chi connectivity index (χ3n) is 3.04. The van der Waals surface area contributed by atoms with E-state index in [4.69, 9.17) is 0 Å². The fourth-order valence-electron chi connectivity index (χ4n) is 2.16. The molecular weight excluding hydrogens is 216 g/mol. The van der Waals surface area contributed by atoms with Crippen molar-refractivity contribution in [1.29, 1.82) is 0 Å². The topological polar surface area (TPSA) is 61.9 Å². The lowest BCUT2D eigenvalue weighted by atomic mass is 10.3. The molecule has 2 aromatic heterocycles.